The molecule has 72 valence electrons. The van der Waals surface area contributed by atoms with Crippen molar-refractivity contribution in [3.8, 4) is 0 Å². The van der Waals surface area contributed by atoms with E-state index in [1.54, 1.807) is 6.07 Å². The highest BCUT2D eigenvalue weighted by atomic mass is 16.2. The second kappa shape index (κ2) is 2.83. The summed E-state index contributed by atoms with van der Waals surface area (Å²) in [5.41, 5.74) is 2.01. The molecule has 0 atom stereocenters. The second-order valence-electron chi connectivity index (χ2n) is 3.31. The third kappa shape index (κ3) is 1.16. The van der Waals surface area contributed by atoms with E-state index >= 15 is 0 Å². The molecule has 1 aromatic carbocycles. The van der Waals surface area contributed by atoms with E-state index in [4.69, 9.17) is 0 Å². The van der Waals surface area contributed by atoms with Gasteiger partial charge in [-0.05, 0) is 24.6 Å². The number of H-pyrrole nitrogens is 1. The number of aromatic amines is 1. The minimum absolute atomic E-state index is 0.273. The fraction of sp³-hybridized carbons (Fsp3) is 0.200. The standard InChI is InChI=1S/C10H10N2O2/c1-6-3-4-9-8(5-6)11-10(14)12(9)7(2)13/h3-5H,1-2H3,(H,11,14). The Morgan fingerprint density at radius 1 is 1.43 bits per heavy atom. The van der Waals surface area contributed by atoms with Crippen LogP contribution in [-0.4, -0.2) is 15.5 Å². The Balaban J connectivity index is 2.91. The van der Waals surface area contributed by atoms with Crippen LogP contribution >= 0.6 is 0 Å². The summed E-state index contributed by atoms with van der Waals surface area (Å²) in [5.74, 6) is -0.273. The van der Waals surface area contributed by atoms with Crippen LogP contribution in [0.3, 0.4) is 0 Å². The Hall–Kier alpha value is -1.84. The minimum Gasteiger partial charge on any atom is -0.305 e. The van der Waals surface area contributed by atoms with Crippen molar-refractivity contribution in [1.82, 2.24) is 9.55 Å². The van der Waals surface area contributed by atoms with E-state index in [9.17, 15) is 9.59 Å². The average molecular weight is 190 g/mol. The number of benzene rings is 1. The van der Waals surface area contributed by atoms with Crippen molar-refractivity contribution in [2.75, 3.05) is 0 Å². The molecule has 2 aromatic rings. The van der Waals surface area contributed by atoms with Crippen molar-refractivity contribution in [3.63, 3.8) is 0 Å². The van der Waals surface area contributed by atoms with Gasteiger partial charge in [-0.3, -0.25) is 4.79 Å². The van der Waals surface area contributed by atoms with Crippen LogP contribution in [0.5, 0.6) is 0 Å². The molecule has 0 saturated heterocycles. The monoisotopic (exact) mass is 190 g/mol. The van der Waals surface area contributed by atoms with Crippen molar-refractivity contribution >= 4 is 16.9 Å². The normalized spacial score (nSPS) is 10.7. The molecule has 0 aliphatic heterocycles. The highest BCUT2D eigenvalue weighted by Gasteiger charge is 2.09. The molecule has 0 saturated carbocycles. The highest BCUT2D eigenvalue weighted by molar-refractivity contribution is 5.88. The molecule has 0 aliphatic carbocycles. The second-order valence-corrected chi connectivity index (χ2v) is 3.31. The van der Waals surface area contributed by atoms with Crippen molar-refractivity contribution in [3.05, 3.63) is 34.2 Å². The molecule has 0 aliphatic rings. The van der Waals surface area contributed by atoms with Crippen LogP contribution in [0.1, 0.15) is 17.3 Å². The summed E-state index contributed by atoms with van der Waals surface area (Å²) in [7, 11) is 0. The SMILES string of the molecule is CC(=O)n1c(=O)[nH]c2cc(C)ccc21. The quantitative estimate of drug-likeness (QED) is 0.680. The number of imidazole rings is 1. The minimum atomic E-state index is -0.377. The van der Waals surface area contributed by atoms with Gasteiger partial charge < -0.3 is 4.98 Å². The Morgan fingerprint density at radius 2 is 2.14 bits per heavy atom. The molecule has 1 aromatic heterocycles. The summed E-state index contributed by atoms with van der Waals surface area (Å²) in [4.78, 5) is 25.2. The molecule has 2 rings (SSSR count). The highest BCUT2D eigenvalue weighted by Crippen LogP contribution is 2.11. The fourth-order valence-corrected chi connectivity index (χ4v) is 1.54. The number of aryl methyl sites for hydroxylation is 1. The van der Waals surface area contributed by atoms with Crippen LogP contribution in [-0.2, 0) is 0 Å². The molecule has 0 spiro atoms. The summed E-state index contributed by atoms with van der Waals surface area (Å²) >= 11 is 0. The average Bonchev–Trinajstić information content (AvgIpc) is 2.39. The Labute approximate surface area is 80.2 Å². The number of fused-ring (bicyclic) bond motifs is 1. The van der Waals surface area contributed by atoms with Crippen molar-refractivity contribution in [2.45, 2.75) is 13.8 Å². The number of aromatic nitrogens is 2. The van der Waals surface area contributed by atoms with E-state index in [1.165, 1.54) is 6.92 Å². The molecule has 0 fully saturated rings. The fourth-order valence-electron chi connectivity index (χ4n) is 1.54. The van der Waals surface area contributed by atoms with Gasteiger partial charge in [0, 0.05) is 6.92 Å². The summed E-state index contributed by atoms with van der Waals surface area (Å²) < 4.78 is 1.13. The molecular weight excluding hydrogens is 180 g/mol. The predicted octanol–water partition coefficient (Wildman–Crippen LogP) is 1.30. The lowest BCUT2D eigenvalue weighted by molar-refractivity contribution is 0.0937. The van der Waals surface area contributed by atoms with E-state index in [0.717, 1.165) is 10.1 Å². The number of rotatable bonds is 0. The van der Waals surface area contributed by atoms with E-state index < -0.39 is 0 Å². The molecule has 0 radical (unpaired) electrons. The first-order valence-electron chi connectivity index (χ1n) is 4.32. The number of hydrogen-bond acceptors (Lipinski definition) is 2. The Kier molecular flexibility index (Phi) is 1.77. The first kappa shape index (κ1) is 8.74. The van der Waals surface area contributed by atoms with Gasteiger partial charge in [0.05, 0.1) is 11.0 Å². The Bertz CT molecular complexity index is 563. The van der Waals surface area contributed by atoms with Gasteiger partial charge >= 0.3 is 5.69 Å². The maximum Gasteiger partial charge on any atom is 0.333 e. The lowest BCUT2D eigenvalue weighted by Crippen LogP contribution is -2.21. The molecule has 4 heteroatoms. The van der Waals surface area contributed by atoms with Crippen LogP contribution in [0.25, 0.3) is 11.0 Å². The van der Waals surface area contributed by atoms with Crippen LogP contribution in [0, 0.1) is 6.92 Å². The smallest absolute Gasteiger partial charge is 0.305 e. The van der Waals surface area contributed by atoms with Gasteiger partial charge in [-0.25, -0.2) is 9.36 Å². The third-order valence-corrected chi connectivity index (χ3v) is 2.15. The molecular formula is C10H10N2O2. The van der Waals surface area contributed by atoms with Gasteiger partial charge in [-0.2, -0.15) is 0 Å². The van der Waals surface area contributed by atoms with Crippen LogP contribution < -0.4 is 5.69 Å². The summed E-state index contributed by atoms with van der Waals surface area (Å²) in [6, 6.07) is 5.48. The summed E-state index contributed by atoms with van der Waals surface area (Å²) in [6.07, 6.45) is 0. The number of carbonyl (C=O) groups is 1. The first-order chi connectivity index (χ1) is 6.59. The van der Waals surface area contributed by atoms with Crippen LogP contribution in [0.2, 0.25) is 0 Å². The van der Waals surface area contributed by atoms with Gasteiger partial charge in [-0.15, -0.1) is 0 Å². The largest absolute Gasteiger partial charge is 0.333 e. The van der Waals surface area contributed by atoms with Gasteiger partial charge in [0.25, 0.3) is 0 Å². The molecule has 4 nitrogen and oxygen atoms in total. The maximum absolute atomic E-state index is 11.4. The van der Waals surface area contributed by atoms with Gasteiger partial charge in [-0.1, -0.05) is 6.07 Å². The van der Waals surface area contributed by atoms with Crippen LogP contribution in [0.15, 0.2) is 23.0 Å². The number of nitrogens with one attached hydrogen (secondary N) is 1. The molecule has 0 bridgehead atoms. The summed E-state index contributed by atoms with van der Waals surface area (Å²) in [6.45, 7) is 3.30. The first-order valence-corrected chi connectivity index (χ1v) is 4.32. The number of carbonyl (C=O) groups excluding carboxylic acids is 1. The third-order valence-electron chi connectivity index (χ3n) is 2.15. The predicted molar refractivity (Wildman–Crippen MR) is 53.6 cm³/mol. The molecule has 0 amide bonds. The number of hydrogen-bond donors (Lipinski definition) is 1. The zero-order valence-electron chi connectivity index (χ0n) is 8.00. The van der Waals surface area contributed by atoms with E-state index in [0.29, 0.717) is 11.0 Å². The van der Waals surface area contributed by atoms with Crippen LogP contribution in [0.4, 0.5) is 0 Å². The van der Waals surface area contributed by atoms with Crippen molar-refractivity contribution in [1.29, 1.82) is 0 Å². The Morgan fingerprint density at radius 3 is 2.79 bits per heavy atom. The molecule has 1 N–H and O–H groups in total. The van der Waals surface area contributed by atoms with E-state index in [2.05, 4.69) is 4.98 Å². The lowest BCUT2D eigenvalue weighted by atomic mass is 10.2. The molecule has 14 heavy (non-hydrogen) atoms. The van der Waals surface area contributed by atoms with Crippen molar-refractivity contribution in [2.24, 2.45) is 0 Å². The van der Waals surface area contributed by atoms with E-state index in [1.807, 2.05) is 19.1 Å². The summed E-state index contributed by atoms with van der Waals surface area (Å²) in [5, 5.41) is 0. The topological polar surface area (TPSA) is 54.9 Å². The molecule has 0 unspecified atom stereocenters. The number of nitrogens with zero attached hydrogens (tertiary/aromatic N) is 1. The van der Waals surface area contributed by atoms with Gasteiger partial charge in [0.1, 0.15) is 0 Å². The maximum atomic E-state index is 11.4. The zero-order chi connectivity index (χ0) is 10.3. The van der Waals surface area contributed by atoms with Gasteiger partial charge in [0.15, 0.2) is 0 Å². The zero-order valence-corrected chi connectivity index (χ0v) is 8.00. The van der Waals surface area contributed by atoms with Gasteiger partial charge in [0.2, 0.25) is 5.91 Å². The lowest BCUT2D eigenvalue weighted by Gasteiger charge is -1.96. The van der Waals surface area contributed by atoms with Crippen molar-refractivity contribution < 1.29 is 4.79 Å². The molecule has 1 heterocycles. The van der Waals surface area contributed by atoms with E-state index in [-0.39, 0.29) is 11.6 Å².